The molecule has 0 saturated carbocycles. The maximum absolute atomic E-state index is 11.9. The van der Waals surface area contributed by atoms with Gasteiger partial charge in [-0.05, 0) is 38.0 Å². The van der Waals surface area contributed by atoms with Gasteiger partial charge in [-0.1, -0.05) is 23.8 Å². The first kappa shape index (κ1) is 16.8. The van der Waals surface area contributed by atoms with Gasteiger partial charge in [0.25, 0.3) is 0 Å². The van der Waals surface area contributed by atoms with Crippen LogP contribution in [0.3, 0.4) is 0 Å². The van der Waals surface area contributed by atoms with Crippen LogP contribution in [0, 0.1) is 0 Å². The van der Waals surface area contributed by atoms with Gasteiger partial charge in [-0.2, -0.15) is 0 Å². The monoisotopic (exact) mass is 340 g/mol. The fourth-order valence-corrected chi connectivity index (χ4v) is 3.52. The Hall–Kier alpha value is -1.59. The highest BCUT2D eigenvalue weighted by Gasteiger charge is 2.22. The molecule has 1 aromatic rings. The van der Waals surface area contributed by atoms with Crippen molar-refractivity contribution in [2.45, 2.75) is 38.7 Å². The molecule has 2 rings (SSSR count). The smallest absolute Gasteiger partial charge is 0.345 e. The maximum atomic E-state index is 11.9. The van der Waals surface area contributed by atoms with Crippen LogP contribution >= 0.6 is 22.9 Å². The number of carboxylic acid groups (broad SMARTS) is 1. The van der Waals surface area contributed by atoms with Crippen molar-refractivity contribution in [2.24, 2.45) is 0 Å². The van der Waals surface area contributed by atoms with Crippen LogP contribution in [0.2, 0.25) is 0 Å². The number of rotatable bonds is 5. The largest absolute Gasteiger partial charge is 0.477 e. The van der Waals surface area contributed by atoms with Crippen LogP contribution in [0.25, 0.3) is 0 Å². The van der Waals surface area contributed by atoms with Crippen molar-refractivity contribution in [3.63, 3.8) is 0 Å². The van der Waals surface area contributed by atoms with E-state index in [4.69, 9.17) is 16.3 Å². The zero-order valence-electron chi connectivity index (χ0n) is 12.3. The summed E-state index contributed by atoms with van der Waals surface area (Å²) in [6, 6.07) is 1.57. The maximum Gasteiger partial charge on any atom is 0.345 e. The third-order valence-corrected chi connectivity index (χ3v) is 4.72. The number of aromatic carboxylic acids is 1. The Bertz CT molecular complexity index is 643. The number of thiophene rings is 1. The molecule has 1 aliphatic rings. The van der Waals surface area contributed by atoms with Crippen LogP contribution in [-0.2, 0) is 16.0 Å². The van der Waals surface area contributed by atoms with E-state index in [1.807, 2.05) is 12.2 Å². The minimum absolute atomic E-state index is 0.0439. The molecule has 4 nitrogen and oxygen atoms in total. The molecule has 0 saturated heterocycles. The first-order valence-corrected chi connectivity index (χ1v) is 8.15. The minimum atomic E-state index is -0.983. The lowest BCUT2D eigenvalue weighted by Crippen LogP contribution is -2.14. The van der Waals surface area contributed by atoms with E-state index in [-0.39, 0.29) is 29.3 Å². The van der Waals surface area contributed by atoms with Crippen molar-refractivity contribution >= 4 is 34.9 Å². The lowest BCUT2D eigenvalue weighted by Gasteiger charge is -2.15. The molecule has 1 aromatic heterocycles. The van der Waals surface area contributed by atoms with Crippen LogP contribution in [0.15, 0.2) is 29.3 Å². The van der Waals surface area contributed by atoms with Crippen molar-refractivity contribution in [2.75, 3.05) is 0 Å². The molecule has 1 atom stereocenters. The molecule has 1 unspecified atom stereocenters. The van der Waals surface area contributed by atoms with Gasteiger partial charge in [0.05, 0.1) is 12.5 Å². The molecule has 0 radical (unpaired) electrons. The molecule has 1 heterocycles. The number of allylic oxidation sites excluding steroid dienone is 4. The lowest BCUT2D eigenvalue weighted by molar-refractivity contribution is -0.146. The summed E-state index contributed by atoms with van der Waals surface area (Å²) in [6.45, 7) is 3.57. The van der Waals surface area contributed by atoms with Crippen LogP contribution in [0.1, 0.15) is 46.3 Å². The molecular formula is C16H17ClO4S. The molecule has 1 aliphatic carbocycles. The molecule has 22 heavy (non-hydrogen) atoms. The number of hydrogen-bond donors (Lipinski definition) is 1. The quantitative estimate of drug-likeness (QED) is 0.819. The molecule has 0 aromatic carbocycles. The van der Waals surface area contributed by atoms with E-state index in [2.05, 4.69) is 0 Å². The van der Waals surface area contributed by atoms with Crippen molar-refractivity contribution in [3.8, 4) is 0 Å². The zero-order valence-corrected chi connectivity index (χ0v) is 13.9. The predicted molar refractivity (Wildman–Crippen MR) is 86.6 cm³/mol. The molecular weight excluding hydrogens is 324 g/mol. The zero-order chi connectivity index (χ0) is 16.3. The highest BCUT2D eigenvalue weighted by atomic mass is 35.5. The standard InChI is InChI=1S/C16H17ClO4S/c1-9(2)21-14(18)8-11-7-13(16(19)20)22-15(11)10-3-5-12(17)6-4-10/h3,5-7,9-10H,4,8H2,1-2H3,(H,19,20). The fourth-order valence-electron chi connectivity index (χ4n) is 2.25. The Kier molecular flexibility index (Phi) is 5.42. The summed E-state index contributed by atoms with van der Waals surface area (Å²) in [6.07, 6.45) is 6.22. The summed E-state index contributed by atoms with van der Waals surface area (Å²) < 4.78 is 5.15. The number of esters is 1. The summed E-state index contributed by atoms with van der Waals surface area (Å²) in [4.78, 5) is 24.2. The van der Waals surface area contributed by atoms with Gasteiger partial charge >= 0.3 is 11.9 Å². The summed E-state index contributed by atoms with van der Waals surface area (Å²) in [7, 11) is 0. The minimum Gasteiger partial charge on any atom is -0.477 e. The second-order valence-corrected chi connectivity index (χ2v) is 6.83. The van der Waals surface area contributed by atoms with Gasteiger partial charge < -0.3 is 9.84 Å². The highest BCUT2D eigenvalue weighted by Crippen LogP contribution is 2.36. The number of carbonyl (C=O) groups is 2. The summed E-state index contributed by atoms with van der Waals surface area (Å²) in [5, 5.41) is 9.86. The molecule has 0 aliphatic heterocycles. The van der Waals surface area contributed by atoms with Crippen LogP contribution in [0.5, 0.6) is 0 Å². The van der Waals surface area contributed by atoms with Gasteiger partial charge in [0, 0.05) is 15.8 Å². The Balaban J connectivity index is 2.26. The Morgan fingerprint density at radius 1 is 1.50 bits per heavy atom. The van der Waals surface area contributed by atoms with E-state index in [0.717, 1.165) is 4.88 Å². The van der Waals surface area contributed by atoms with Crippen molar-refractivity contribution in [3.05, 3.63) is 44.6 Å². The Morgan fingerprint density at radius 3 is 2.77 bits per heavy atom. The lowest BCUT2D eigenvalue weighted by atomic mass is 9.95. The van der Waals surface area contributed by atoms with Gasteiger partial charge in [-0.3, -0.25) is 4.79 Å². The molecule has 0 amide bonds. The van der Waals surface area contributed by atoms with Crippen molar-refractivity contribution < 1.29 is 19.4 Å². The van der Waals surface area contributed by atoms with Crippen LogP contribution in [-0.4, -0.2) is 23.1 Å². The second kappa shape index (κ2) is 7.11. The molecule has 1 N–H and O–H groups in total. The fraction of sp³-hybridized carbons (Fsp3) is 0.375. The van der Waals surface area contributed by atoms with E-state index in [0.29, 0.717) is 17.0 Å². The molecule has 118 valence electrons. The molecule has 0 bridgehead atoms. The van der Waals surface area contributed by atoms with Gasteiger partial charge in [-0.15, -0.1) is 11.3 Å². The first-order valence-electron chi connectivity index (χ1n) is 6.96. The van der Waals surface area contributed by atoms with Crippen molar-refractivity contribution in [1.29, 1.82) is 0 Å². The van der Waals surface area contributed by atoms with E-state index in [1.165, 1.54) is 11.3 Å². The first-order chi connectivity index (χ1) is 10.4. The SMILES string of the molecule is CC(C)OC(=O)Cc1cc(C(=O)O)sc1C1C=CC(Cl)=CC1. The summed E-state index contributed by atoms with van der Waals surface area (Å²) in [5.74, 6) is -1.29. The number of hydrogen-bond acceptors (Lipinski definition) is 4. The number of carboxylic acids is 1. The van der Waals surface area contributed by atoms with Crippen molar-refractivity contribution in [1.82, 2.24) is 0 Å². The third-order valence-electron chi connectivity index (χ3n) is 3.15. The third kappa shape index (κ3) is 4.21. The van der Waals surface area contributed by atoms with E-state index >= 15 is 0 Å². The average molecular weight is 341 g/mol. The van der Waals surface area contributed by atoms with Crippen LogP contribution in [0.4, 0.5) is 0 Å². The van der Waals surface area contributed by atoms with Gasteiger partial charge in [-0.25, -0.2) is 4.79 Å². The Morgan fingerprint density at radius 2 is 2.23 bits per heavy atom. The molecule has 6 heteroatoms. The van der Waals surface area contributed by atoms with Gasteiger partial charge in [0.2, 0.25) is 0 Å². The normalized spacial score (nSPS) is 17.5. The van der Waals surface area contributed by atoms with E-state index in [1.54, 1.807) is 26.0 Å². The summed E-state index contributed by atoms with van der Waals surface area (Å²) >= 11 is 7.12. The van der Waals surface area contributed by atoms with Crippen LogP contribution < -0.4 is 0 Å². The average Bonchev–Trinajstić information content (AvgIpc) is 2.82. The number of ether oxygens (including phenoxy) is 1. The highest BCUT2D eigenvalue weighted by molar-refractivity contribution is 7.14. The van der Waals surface area contributed by atoms with E-state index in [9.17, 15) is 14.7 Å². The molecule has 0 spiro atoms. The molecule has 0 fully saturated rings. The second-order valence-electron chi connectivity index (χ2n) is 5.31. The predicted octanol–water partition coefficient (Wildman–Crippen LogP) is 4.11. The van der Waals surface area contributed by atoms with Gasteiger partial charge in [0.15, 0.2) is 0 Å². The van der Waals surface area contributed by atoms with Gasteiger partial charge in [0.1, 0.15) is 4.88 Å². The summed E-state index contributed by atoms with van der Waals surface area (Å²) in [5.41, 5.74) is 0.717. The topological polar surface area (TPSA) is 63.6 Å². The van der Waals surface area contributed by atoms with E-state index < -0.39 is 5.97 Å². The Labute approximate surface area is 138 Å². The number of halogens is 1. The number of carbonyl (C=O) groups excluding carboxylic acids is 1.